The van der Waals surface area contributed by atoms with E-state index in [0.717, 1.165) is 16.8 Å². The van der Waals surface area contributed by atoms with Gasteiger partial charge in [-0.1, -0.05) is 6.92 Å². The lowest BCUT2D eigenvalue weighted by Crippen LogP contribution is -2.16. The third-order valence-electron chi connectivity index (χ3n) is 3.01. The summed E-state index contributed by atoms with van der Waals surface area (Å²) in [5.41, 5.74) is 1.65. The maximum atomic E-state index is 12.5. The van der Waals surface area contributed by atoms with E-state index in [2.05, 4.69) is 19.7 Å². The second kappa shape index (κ2) is 5.56. The van der Waals surface area contributed by atoms with E-state index in [4.69, 9.17) is 0 Å². The normalized spacial score (nSPS) is 12.0. The summed E-state index contributed by atoms with van der Waals surface area (Å²) in [7, 11) is 0. The molecule has 0 aliphatic heterocycles. The molecule has 22 heavy (non-hydrogen) atoms. The summed E-state index contributed by atoms with van der Waals surface area (Å²) < 4.78 is 42.7. The summed E-state index contributed by atoms with van der Waals surface area (Å²) in [5, 5.41) is 3.73. The fourth-order valence-electron chi connectivity index (χ4n) is 2.03. The van der Waals surface area contributed by atoms with E-state index in [1.807, 2.05) is 6.92 Å². The average molecular weight is 327 g/mol. The molecule has 1 N–H and O–H groups in total. The van der Waals surface area contributed by atoms with Gasteiger partial charge in [-0.2, -0.15) is 17.5 Å². The number of nitrogens with one attached hydrogen (secondary N) is 1. The smallest absolute Gasteiger partial charge is 0.330 e. The van der Waals surface area contributed by atoms with Crippen LogP contribution in [-0.4, -0.2) is 25.1 Å². The minimum atomic E-state index is -4.27. The molecule has 3 aromatic rings. The van der Waals surface area contributed by atoms with Crippen molar-refractivity contribution in [3.63, 3.8) is 0 Å². The van der Waals surface area contributed by atoms with Gasteiger partial charge in [0, 0.05) is 23.6 Å². The number of alkyl halides is 3. The van der Waals surface area contributed by atoms with Gasteiger partial charge in [0.05, 0.1) is 17.4 Å². The van der Waals surface area contributed by atoms with E-state index in [1.165, 1.54) is 17.9 Å². The quantitative estimate of drug-likeness (QED) is 0.793. The molecule has 0 aliphatic rings. The molecule has 0 aliphatic carbocycles. The number of imidazole rings is 1. The number of nitrogens with zero attached hydrogens (tertiary/aromatic N) is 4. The highest BCUT2D eigenvalue weighted by atomic mass is 32.1. The molecule has 0 unspecified atom stereocenters. The number of aromatic nitrogens is 4. The highest BCUT2D eigenvalue weighted by Crippen LogP contribution is 2.25. The Hall–Kier alpha value is -2.16. The molecule has 2 heterocycles. The minimum absolute atomic E-state index is 0.439. The molecule has 0 radical (unpaired) electrons. The largest absolute Gasteiger partial charge is 0.406 e. The first-order chi connectivity index (χ1) is 10.4. The molecular formula is C13H12F3N5S. The minimum Gasteiger partial charge on any atom is -0.330 e. The molecule has 3 rings (SSSR count). The van der Waals surface area contributed by atoms with Crippen LogP contribution in [0.15, 0.2) is 24.5 Å². The van der Waals surface area contributed by atoms with Crippen molar-refractivity contribution in [2.24, 2.45) is 0 Å². The number of fused-ring (bicyclic) bond motifs is 1. The molecule has 0 spiro atoms. The highest BCUT2D eigenvalue weighted by Gasteiger charge is 2.28. The van der Waals surface area contributed by atoms with E-state index in [1.54, 1.807) is 18.2 Å². The molecule has 0 bridgehead atoms. The summed E-state index contributed by atoms with van der Waals surface area (Å²) in [5.74, 6) is 0.753. The van der Waals surface area contributed by atoms with Gasteiger partial charge in [0.1, 0.15) is 12.4 Å². The average Bonchev–Trinajstić information content (AvgIpc) is 3.04. The Balaban J connectivity index is 1.84. The summed E-state index contributed by atoms with van der Waals surface area (Å²) in [6, 6.07) is 5.00. The molecule has 1 aromatic carbocycles. The van der Waals surface area contributed by atoms with Gasteiger partial charge in [0.25, 0.3) is 0 Å². The lowest BCUT2D eigenvalue weighted by molar-refractivity contribution is -0.139. The van der Waals surface area contributed by atoms with Gasteiger partial charge in [0.15, 0.2) is 0 Å². The zero-order valence-electron chi connectivity index (χ0n) is 11.6. The molecule has 5 nitrogen and oxygen atoms in total. The van der Waals surface area contributed by atoms with Crippen molar-refractivity contribution in [1.82, 2.24) is 18.9 Å². The van der Waals surface area contributed by atoms with Gasteiger partial charge < -0.3 is 9.88 Å². The lowest BCUT2D eigenvalue weighted by atomic mass is 10.2. The van der Waals surface area contributed by atoms with E-state index in [-0.39, 0.29) is 0 Å². The Kier molecular flexibility index (Phi) is 3.73. The van der Waals surface area contributed by atoms with Crippen molar-refractivity contribution in [3.05, 3.63) is 30.4 Å². The first kappa shape index (κ1) is 14.8. The van der Waals surface area contributed by atoms with Crippen molar-refractivity contribution in [2.75, 3.05) is 5.32 Å². The predicted octanol–water partition coefficient (Wildman–Crippen LogP) is 3.76. The van der Waals surface area contributed by atoms with Crippen LogP contribution in [0.5, 0.6) is 0 Å². The van der Waals surface area contributed by atoms with Crippen LogP contribution in [-0.2, 0) is 13.0 Å². The fourth-order valence-corrected chi connectivity index (χ4v) is 2.70. The number of rotatable bonds is 4. The van der Waals surface area contributed by atoms with Crippen LogP contribution in [0.2, 0.25) is 0 Å². The van der Waals surface area contributed by atoms with Gasteiger partial charge in [0.2, 0.25) is 5.13 Å². The monoisotopic (exact) mass is 327 g/mol. The Morgan fingerprint density at radius 2 is 2.14 bits per heavy atom. The third-order valence-corrected chi connectivity index (χ3v) is 3.67. The summed E-state index contributed by atoms with van der Waals surface area (Å²) in [6.07, 6.45) is -2.32. The van der Waals surface area contributed by atoms with Crippen molar-refractivity contribution >= 4 is 33.4 Å². The molecular weight excluding hydrogens is 315 g/mol. The molecule has 0 atom stereocenters. The van der Waals surface area contributed by atoms with Crippen molar-refractivity contribution in [2.45, 2.75) is 26.1 Å². The van der Waals surface area contributed by atoms with Gasteiger partial charge in [-0.3, -0.25) is 0 Å². The zero-order valence-corrected chi connectivity index (χ0v) is 12.4. The van der Waals surface area contributed by atoms with Crippen LogP contribution in [0.25, 0.3) is 11.0 Å². The number of benzene rings is 1. The van der Waals surface area contributed by atoms with E-state index in [0.29, 0.717) is 21.9 Å². The maximum Gasteiger partial charge on any atom is 0.406 e. The molecule has 116 valence electrons. The topological polar surface area (TPSA) is 55.6 Å². The first-order valence-corrected chi connectivity index (χ1v) is 7.33. The predicted molar refractivity (Wildman–Crippen MR) is 78.4 cm³/mol. The molecule has 2 aromatic heterocycles. The summed E-state index contributed by atoms with van der Waals surface area (Å²) in [6.45, 7) is 0.914. The van der Waals surface area contributed by atoms with Gasteiger partial charge in [-0.15, -0.1) is 0 Å². The van der Waals surface area contributed by atoms with Crippen LogP contribution < -0.4 is 5.32 Å². The van der Waals surface area contributed by atoms with Crippen molar-refractivity contribution < 1.29 is 13.2 Å². The fraction of sp³-hybridized carbons (Fsp3) is 0.308. The SMILES string of the molecule is CCc1nsc(Nc2ccc3c(c2)ncn3CC(F)(F)F)n1. The second-order valence-corrected chi connectivity index (χ2v) is 5.44. The van der Waals surface area contributed by atoms with Crippen LogP contribution >= 0.6 is 11.5 Å². The van der Waals surface area contributed by atoms with Gasteiger partial charge >= 0.3 is 6.18 Å². The molecule has 0 saturated heterocycles. The summed E-state index contributed by atoms with van der Waals surface area (Å²) >= 11 is 1.24. The van der Waals surface area contributed by atoms with Crippen LogP contribution in [0.1, 0.15) is 12.7 Å². The van der Waals surface area contributed by atoms with E-state index in [9.17, 15) is 13.2 Å². The number of hydrogen-bond acceptors (Lipinski definition) is 5. The molecule has 0 saturated carbocycles. The first-order valence-electron chi connectivity index (χ1n) is 6.56. The van der Waals surface area contributed by atoms with Crippen molar-refractivity contribution in [3.8, 4) is 0 Å². The molecule has 0 amide bonds. The van der Waals surface area contributed by atoms with Gasteiger partial charge in [-0.25, -0.2) is 9.97 Å². The maximum absolute atomic E-state index is 12.5. The number of hydrogen-bond donors (Lipinski definition) is 1. The number of halogens is 3. The standard InChI is InChI=1S/C13H12F3N5S/c1-2-11-19-12(22-20-11)18-8-3-4-10-9(5-8)17-7-21(10)6-13(14,15)16/h3-5,7H,2,6H2,1H3,(H,18,19,20). The van der Waals surface area contributed by atoms with E-state index >= 15 is 0 Å². The second-order valence-electron chi connectivity index (χ2n) is 4.69. The number of aryl methyl sites for hydroxylation is 1. The Labute approximate surface area is 128 Å². The molecule has 9 heteroatoms. The van der Waals surface area contributed by atoms with Crippen LogP contribution in [0.4, 0.5) is 24.0 Å². The van der Waals surface area contributed by atoms with Crippen molar-refractivity contribution in [1.29, 1.82) is 0 Å². The Morgan fingerprint density at radius 1 is 1.32 bits per heavy atom. The van der Waals surface area contributed by atoms with Crippen LogP contribution in [0, 0.1) is 0 Å². The van der Waals surface area contributed by atoms with Crippen LogP contribution in [0.3, 0.4) is 0 Å². The molecule has 0 fully saturated rings. The zero-order chi connectivity index (χ0) is 15.7. The summed E-state index contributed by atoms with van der Waals surface area (Å²) in [4.78, 5) is 8.30. The van der Waals surface area contributed by atoms with Gasteiger partial charge in [-0.05, 0) is 18.2 Å². The van der Waals surface area contributed by atoms with E-state index < -0.39 is 12.7 Å². The lowest BCUT2D eigenvalue weighted by Gasteiger charge is -2.08. The third kappa shape index (κ3) is 3.19. The highest BCUT2D eigenvalue weighted by molar-refractivity contribution is 7.09. The Morgan fingerprint density at radius 3 is 2.82 bits per heavy atom. The Bertz CT molecular complexity index is 792. The number of anilines is 2.